The molecule has 0 spiro atoms. The van der Waals surface area contributed by atoms with Gasteiger partial charge in [0.2, 0.25) is 5.82 Å². The van der Waals surface area contributed by atoms with Crippen molar-refractivity contribution in [2.24, 2.45) is 5.92 Å². The molecule has 0 aromatic heterocycles. The van der Waals surface area contributed by atoms with Crippen LogP contribution in [0.2, 0.25) is 0 Å². The maximum Gasteiger partial charge on any atom is 0.200 e. The summed E-state index contributed by atoms with van der Waals surface area (Å²) in [6.45, 7) is 4.08. The zero-order valence-corrected chi connectivity index (χ0v) is 17.7. The minimum absolute atomic E-state index is 0.0195. The van der Waals surface area contributed by atoms with Gasteiger partial charge in [-0.05, 0) is 79.5 Å². The van der Waals surface area contributed by atoms with Crippen LogP contribution in [0.1, 0.15) is 75.0 Å². The van der Waals surface area contributed by atoms with E-state index in [2.05, 4.69) is 0 Å². The Morgan fingerprint density at radius 3 is 2.13 bits per heavy atom. The van der Waals surface area contributed by atoms with E-state index < -0.39 is 23.3 Å². The predicted molar refractivity (Wildman–Crippen MR) is 111 cm³/mol. The highest BCUT2D eigenvalue weighted by Crippen LogP contribution is 2.38. The molecule has 0 atom stereocenters. The van der Waals surface area contributed by atoms with Crippen molar-refractivity contribution >= 4 is 0 Å². The smallest absolute Gasteiger partial charge is 0.200 e. The number of hydrogen-bond donors (Lipinski definition) is 0. The molecule has 1 aliphatic carbocycles. The molecule has 0 radical (unpaired) electrons. The largest absolute Gasteiger partial charge is 0.490 e. The van der Waals surface area contributed by atoms with Gasteiger partial charge in [-0.1, -0.05) is 38.5 Å². The molecule has 0 amide bonds. The van der Waals surface area contributed by atoms with Crippen molar-refractivity contribution in [3.63, 3.8) is 0 Å². The van der Waals surface area contributed by atoms with Crippen LogP contribution in [-0.4, -0.2) is 6.61 Å². The molecule has 2 aromatic carbocycles. The minimum Gasteiger partial charge on any atom is -0.490 e. The van der Waals surface area contributed by atoms with E-state index in [0.29, 0.717) is 36.1 Å². The van der Waals surface area contributed by atoms with E-state index >= 15 is 0 Å². The van der Waals surface area contributed by atoms with Crippen molar-refractivity contribution in [2.45, 2.75) is 71.1 Å². The van der Waals surface area contributed by atoms with Crippen LogP contribution in [0.4, 0.5) is 17.6 Å². The molecule has 5 heteroatoms. The van der Waals surface area contributed by atoms with Gasteiger partial charge in [-0.3, -0.25) is 0 Å². The van der Waals surface area contributed by atoms with Crippen LogP contribution in [-0.2, 0) is 12.8 Å². The van der Waals surface area contributed by atoms with Crippen molar-refractivity contribution in [2.75, 3.05) is 6.61 Å². The number of benzene rings is 2. The Bertz CT molecular complexity index is 857. The Morgan fingerprint density at radius 1 is 0.800 bits per heavy atom. The van der Waals surface area contributed by atoms with Crippen molar-refractivity contribution < 1.29 is 22.3 Å². The van der Waals surface area contributed by atoms with E-state index in [4.69, 9.17) is 4.74 Å². The van der Waals surface area contributed by atoms with Gasteiger partial charge in [0.25, 0.3) is 0 Å². The molecule has 0 bridgehead atoms. The summed E-state index contributed by atoms with van der Waals surface area (Å²) in [5.74, 6) is -3.11. The fourth-order valence-corrected chi connectivity index (χ4v) is 4.28. The Labute approximate surface area is 176 Å². The van der Waals surface area contributed by atoms with Gasteiger partial charge in [-0.25, -0.2) is 13.2 Å². The highest BCUT2D eigenvalue weighted by Gasteiger charge is 2.27. The first-order valence-electron chi connectivity index (χ1n) is 11.0. The summed E-state index contributed by atoms with van der Waals surface area (Å²) in [6, 6.07) is 6.47. The van der Waals surface area contributed by atoms with E-state index in [1.165, 1.54) is 6.07 Å². The number of ether oxygens (including phenoxy) is 1. The summed E-state index contributed by atoms with van der Waals surface area (Å²) < 4.78 is 62.6. The first kappa shape index (κ1) is 22.6. The van der Waals surface area contributed by atoms with E-state index in [0.717, 1.165) is 38.5 Å². The van der Waals surface area contributed by atoms with Gasteiger partial charge in [0.1, 0.15) is 0 Å². The van der Waals surface area contributed by atoms with E-state index in [1.807, 2.05) is 6.92 Å². The summed E-state index contributed by atoms with van der Waals surface area (Å²) in [4.78, 5) is 0. The van der Waals surface area contributed by atoms with Gasteiger partial charge in [-0.2, -0.15) is 4.39 Å². The van der Waals surface area contributed by atoms with E-state index in [9.17, 15) is 17.6 Å². The molecular formula is C25H30F4O. The Hall–Kier alpha value is -2.04. The lowest BCUT2D eigenvalue weighted by Crippen LogP contribution is -2.20. The molecule has 1 fully saturated rings. The molecule has 0 unspecified atom stereocenters. The second-order valence-electron chi connectivity index (χ2n) is 8.28. The average molecular weight is 423 g/mol. The quantitative estimate of drug-likeness (QED) is 0.400. The third-order valence-electron chi connectivity index (χ3n) is 6.26. The summed E-state index contributed by atoms with van der Waals surface area (Å²) in [6.07, 6.45) is 5.76. The van der Waals surface area contributed by atoms with Crippen LogP contribution in [0.3, 0.4) is 0 Å². The van der Waals surface area contributed by atoms with Crippen molar-refractivity contribution in [3.8, 4) is 5.75 Å². The molecule has 0 saturated heterocycles. The lowest BCUT2D eigenvalue weighted by molar-refractivity contribution is 0.191. The highest BCUT2D eigenvalue weighted by molar-refractivity contribution is 5.31. The van der Waals surface area contributed by atoms with Gasteiger partial charge >= 0.3 is 0 Å². The minimum atomic E-state index is -0.941. The molecule has 2 aromatic rings. The van der Waals surface area contributed by atoms with Gasteiger partial charge < -0.3 is 4.74 Å². The van der Waals surface area contributed by atoms with Gasteiger partial charge in [0.05, 0.1) is 6.61 Å². The van der Waals surface area contributed by atoms with E-state index in [-0.39, 0.29) is 17.6 Å². The molecular weight excluding hydrogens is 392 g/mol. The maximum atomic E-state index is 14.6. The van der Waals surface area contributed by atoms with Gasteiger partial charge in [0, 0.05) is 0 Å². The molecule has 30 heavy (non-hydrogen) atoms. The van der Waals surface area contributed by atoms with Crippen molar-refractivity contribution in [1.82, 2.24) is 0 Å². The second-order valence-corrected chi connectivity index (χ2v) is 8.28. The summed E-state index contributed by atoms with van der Waals surface area (Å²) in [5.41, 5.74) is 1.23. The standard InChI is InChI=1S/C25H30F4O/c1-3-5-6-19-11-13-20(24(28)23(19)27)18-9-7-16(8-10-18)15-30-21-14-12-17(4-2)22(26)25(21)29/h11-14,16,18H,3-10,15H2,1-2H3. The summed E-state index contributed by atoms with van der Waals surface area (Å²) >= 11 is 0. The number of halogens is 4. The third-order valence-corrected chi connectivity index (χ3v) is 6.26. The molecule has 0 aliphatic heterocycles. The zero-order chi connectivity index (χ0) is 21.7. The number of aryl methyl sites for hydroxylation is 2. The third kappa shape index (κ3) is 4.98. The van der Waals surface area contributed by atoms with Crippen molar-refractivity contribution in [3.05, 3.63) is 64.2 Å². The first-order chi connectivity index (χ1) is 14.5. The lowest BCUT2D eigenvalue weighted by atomic mass is 9.78. The summed E-state index contributed by atoms with van der Waals surface area (Å²) in [7, 11) is 0. The van der Waals surface area contributed by atoms with Crippen LogP contribution in [0.15, 0.2) is 24.3 Å². The molecule has 3 rings (SSSR count). The number of unbranched alkanes of at least 4 members (excludes halogenated alkanes) is 1. The molecule has 1 saturated carbocycles. The Balaban J connectivity index is 1.57. The van der Waals surface area contributed by atoms with Gasteiger partial charge in [-0.15, -0.1) is 0 Å². The van der Waals surface area contributed by atoms with Gasteiger partial charge in [0.15, 0.2) is 23.2 Å². The lowest BCUT2D eigenvalue weighted by Gasteiger charge is -2.29. The Kier molecular flexibility index (Phi) is 7.79. The van der Waals surface area contributed by atoms with Crippen LogP contribution >= 0.6 is 0 Å². The molecule has 164 valence electrons. The SMILES string of the molecule is CCCCc1ccc(C2CCC(COc3ccc(CC)c(F)c3F)CC2)c(F)c1F. The van der Waals surface area contributed by atoms with Crippen LogP contribution in [0.5, 0.6) is 5.75 Å². The molecule has 0 heterocycles. The number of rotatable bonds is 8. The van der Waals surface area contributed by atoms with Crippen LogP contribution in [0, 0.1) is 29.2 Å². The molecule has 1 nitrogen and oxygen atoms in total. The fraction of sp³-hybridized carbons (Fsp3) is 0.520. The first-order valence-corrected chi connectivity index (χ1v) is 11.0. The molecule has 1 aliphatic rings. The topological polar surface area (TPSA) is 9.23 Å². The highest BCUT2D eigenvalue weighted by atomic mass is 19.2. The monoisotopic (exact) mass is 422 g/mol. The normalized spacial score (nSPS) is 19.1. The van der Waals surface area contributed by atoms with Crippen LogP contribution in [0.25, 0.3) is 0 Å². The fourth-order valence-electron chi connectivity index (χ4n) is 4.28. The predicted octanol–water partition coefficient (Wildman–Crippen LogP) is 7.50. The average Bonchev–Trinajstić information content (AvgIpc) is 2.76. The maximum absolute atomic E-state index is 14.6. The van der Waals surface area contributed by atoms with Crippen molar-refractivity contribution in [1.29, 1.82) is 0 Å². The second kappa shape index (κ2) is 10.3. The Morgan fingerprint density at radius 2 is 1.47 bits per heavy atom. The van der Waals surface area contributed by atoms with Crippen LogP contribution < -0.4 is 4.74 Å². The number of hydrogen-bond acceptors (Lipinski definition) is 1. The summed E-state index contributed by atoms with van der Waals surface area (Å²) in [5, 5.41) is 0. The zero-order valence-electron chi connectivity index (χ0n) is 17.7. The molecule has 0 N–H and O–H groups in total. The van der Waals surface area contributed by atoms with E-state index in [1.54, 1.807) is 25.1 Å².